The minimum absolute atomic E-state index is 0.793. The molecule has 1 nitrogen and oxygen atoms in total. The molecule has 0 fully saturated rings. The van der Waals surface area contributed by atoms with Crippen molar-refractivity contribution in [2.75, 3.05) is 0 Å². The molecule has 0 amide bonds. The number of H-pyrrole nitrogens is 1. The standard InChI is InChI=1S/C28H41N/c1-5-9-13-21(7-3)19-23-17-18-25-24-15-11-12-16-27(24)29-28(25)26(23)20-22(8-4)14-10-6-2/h11-12,15-18,21-22,29H,5-10,13-14,19-20H2,1-4H3. The van der Waals surface area contributed by atoms with E-state index in [0.717, 1.165) is 11.8 Å². The van der Waals surface area contributed by atoms with Gasteiger partial charge in [0.2, 0.25) is 0 Å². The lowest BCUT2D eigenvalue weighted by atomic mass is 9.84. The van der Waals surface area contributed by atoms with E-state index in [1.54, 1.807) is 11.1 Å². The van der Waals surface area contributed by atoms with Crippen molar-refractivity contribution in [1.29, 1.82) is 0 Å². The molecular formula is C28H41N. The van der Waals surface area contributed by atoms with E-state index in [-0.39, 0.29) is 0 Å². The zero-order chi connectivity index (χ0) is 20.6. The molecule has 0 aliphatic heterocycles. The number of para-hydroxylation sites is 1. The van der Waals surface area contributed by atoms with Gasteiger partial charge in [0, 0.05) is 21.8 Å². The molecule has 0 bridgehead atoms. The summed E-state index contributed by atoms with van der Waals surface area (Å²) in [5.41, 5.74) is 5.89. The molecule has 2 unspecified atom stereocenters. The second kappa shape index (κ2) is 10.9. The van der Waals surface area contributed by atoms with Crippen LogP contribution < -0.4 is 0 Å². The fourth-order valence-corrected chi connectivity index (χ4v) is 4.93. The van der Waals surface area contributed by atoms with Crippen LogP contribution in [0.4, 0.5) is 0 Å². The summed E-state index contributed by atoms with van der Waals surface area (Å²) in [6.07, 6.45) is 13.1. The van der Waals surface area contributed by atoms with Gasteiger partial charge in [-0.25, -0.2) is 0 Å². The summed E-state index contributed by atoms with van der Waals surface area (Å²) in [5, 5.41) is 2.78. The molecule has 1 N–H and O–H groups in total. The molecule has 1 aromatic heterocycles. The number of benzene rings is 2. The first kappa shape index (κ1) is 21.9. The van der Waals surface area contributed by atoms with Crippen LogP contribution in [0.1, 0.15) is 90.2 Å². The van der Waals surface area contributed by atoms with Crippen molar-refractivity contribution in [3.63, 3.8) is 0 Å². The topological polar surface area (TPSA) is 15.8 Å². The van der Waals surface area contributed by atoms with Crippen LogP contribution >= 0.6 is 0 Å². The Kier molecular flexibility index (Phi) is 8.21. The smallest absolute Gasteiger partial charge is 0.0500 e. The Morgan fingerprint density at radius 2 is 1.38 bits per heavy atom. The number of aromatic nitrogens is 1. The van der Waals surface area contributed by atoms with Crippen LogP contribution in [0.5, 0.6) is 0 Å². The molecule has 0 aliphatic rings. The van der Waals surface area contributed by atoms with Crippen molar-refractivity contribution in [1.82, 2.24) is 4.98 Å². The molecule has 0 aliphatic carbocycles. The summed E-state index contributed by atoms with van der Waals surface area (Å²) in [5.74, 6) is 1.60. The molecule has 0 saturated carbocycles. The lowest BCUT2D eigenvalue weighted by molar-refractivity contribution is 0.435. The summed E-state index contributed by atoms with van der Waals surface area (Å²) in [6, 6.07) is 13.6. The fourth-order valence-electron chi connectivity index (χ4n) is 4.93. The van der Waals surface area contributed by atoms with Crippen molar-refractivity contribution < 1.29 is 0 Å². The molecule has 2 atom stereocenters. The number of unbranched alkanes of at least 4 members (excludes halogenated alkanes) is 2. The van der Waals surface area contributed by atoms with Gasteiger partial charge in [-0.2, -0.15) is 0 Å². The molecule has 0 spiro atoms. The summed E-state index contributed by atoms with van der Waals surface area (Å²) >= 11 is 0. The Morgan fingerprint density at radius 3 is 2.03 bits per heavy atom. The molecule has 0 radical (unpaired) electrons. The molecule has 1 heterocycles. The molecule has 3 rings (SSSR count). The Hall–Kier alpha value is -1.76. The van der Waals surface area contributed by atoms with E-state index in [1.165, 1.54) is 86.0 Å². The van der Waals surface area contributed by atoms with E-state index >= 15 is 0 Å². The van der Waals surface area contributed by atoms with Crippen LogP contribution in [0.15, 0.2) is 36.4 Å². The maximum absolute atomic E-state index is 3.81. The molecule has 158 valence electrons. The lowest BCUT2D eigenvalue weighted by Crippen LogP contribution is -2.10. The second-order valence-corrected chi connectivity index (χ2v) is 9.04. The van der Waals surface area contributed by atoms with Crippen LogP contribution in [-0.2, 0) is 12.8 Å². The molecule has 3 aromatic rings. The quantitative estimate of drug-likeness (QED) is 0.317. The molecule has 29 heavy (non-hydrogen) atoms. The van der Waals surface area contributed by atoms with Gasteiger partial charge in [0.05, 0.1) is 0 Å². The maximum Gasteiger partial charge on any atom is 0.0500 e. The molecule has 0 saturated heterocycles. The van der Waals surface area contributed by atoms with Gasteiger partial charge in [-0.1, -0.05) is 109 Å². The van der Waals surface area contributed by atoms with Crippen molar-refractivity contribution in [3.05, 3.63) is 47.5 Å². The van der Waals surface area contributed by atoms with Gasteiger partial charge in [0.25, 0.3) is 0 Å². The number of nitrogens with one attached hydrogen (secondary N) is 1. The summed E-state index contributed by atoms with van der Waals surface area (Å²) in [6.45, 7) is 9.38. The predicted molar refractivity (Wildman–Crippen MR) is 130 cm³/mol. The highest BCUT2D eigenvalue weighted by Crippen LogP contribution is 2.34. The fraction of sp³-hybridized carbons (Fsp3) is 0.571. The maximum atomic E-state index is 3.81. The van der Waals surface area contributed by atoms with Gasteiger partial charge < -0.3 is 4.98 Å². The van der Waals surface area contributed by atoms with Crippen LogP contribution in [0, 0.1) is 11.8 Å². The van der Waals surface area contributed by atoms with Gasteiger partial charge >= 0.3 is 0 Å². The van der Waals surface area contributed by atoms with E-state index < -0.39 is 0 Å². The van der Waals surface area contributed by atoms with E-state index in [9.17, 15) is 0 Å². The first-order chi connectivity index (χ1) is 14.2. The molecular weight excluding hydrogens is 350 g/mol. The van der Waals surface area contributed by atoms with Crippen LogP contribution in [0.25, 0.3) is 21.8 Å². The number of hydrogen-bond acceptors (Lipinski definition) is 0. The predicted octanol–water partition coefficient (Wildman–Crippen LogP) is 8.84. The third-order valence-electron chi connectivity index (χ3n) is 6.97. The minimum atomic E-state index is 0.793. The monoisotopic (exact) mass is 391 g/mol. The molecule has 2 aromatic carbocycles. The van der Waals surface area contributed by atoms with E-state index in [4.69, 9.17) is 0 Å². The Labute approximate surface area is 178 Å². The van der Waals surface area contributed by atoms with E-state index in [2.05, 4.69) is 69.1 Å². The largest absolute Gasteiger partial charge is 0.354 e. The highest BCUT2D eigenvalue weighted by Gasteiger charge is 2.18. The second-order valence-electron chi connectivity index (χ2n) is 9.04. The minimum Gasteiger partial charge on any atom is -0.354 e. The first-order valence-electron chi connectivity index (χ1n) is 12.2. The van der Waals surface area contributed by atoms with E-state index in [1.807, 2.05) is 0 Å². The van der Waals surface area contributed by atoms with Crippen LogP contribution in [0.3, 0.4) is 0 Å². The number of hydrogen-bond donors (Lipinski definition) is 1. The normalized spacial score (nSPS) is 13.9. The Balaban J connectivity index is 2.02. The first-order valence-corrected chi connectivity index (χ1v) is 12.2. The Morgan fingerprint density at radius 1 is 0.724 bits per heavy atom. The number of rotatable bonds is 12. The zero-order valence-corrected chi connectivity index (χ0v) is 19.2. The zero-order valence-electron chi connectivity index (χ0n) is 19.2. The average molecular weight is 392 g/mol. The summed E-state index contributed by atoms with van der Waals surface area (Å²) < 4.78 is 0. The third kappa shape index (κ3) is 5.24. The van der Waals surface area contributed by atoms with E-state index in [0.29, 0.717) is 0 Å². The van der Waals surface area contributed by atoms with Gasteiger partial charge in [-0.15, -0.1) is 0 Å². The SMILES string of the molecule is CCCCC(CC)Cc1ccc2c([nH]c3ccccc32)c1CC(CC)CCCC. The lowest BCUT2D eigenvalue weighted by Gasteiger charge is -2.21. The summed E-state index contributed by atoms with van der Waals surface area (Å²) in [7, 11) is 0. The van der Waals surface area contributed by atoms with Gasteiger partial charge in [-0.05, 0) is 41.9 Å². The van der Waals surface area contributed by atoms with Crippen molar-refractivity contribution in [2.45, 2.75) is 91.9 Å². The molecule has 1 heteroatoms. The van der Waals surface area contributed by atoms with Gasteiger partial charge in [0.1, 0.15) is 0 Å². The Bertz CT molecular complexity index is 888. The van der Waals surface area contributed by atoms with Crippen molar-refractivity contribution in [3.8, 4) is 0 Å². The van der Waals surface area contributed by atoms with Gasteiger partial charge in [0.15, 0.2) is 0 Å². The average Bonchev–Trinajstić information content (AvgIpc) is 3.13. The summed E-state index contributed by atoms with van der Waals surface area (Å²) in [4.78, 5) is 3.81. The number of aromatic amines is 1. The van der Waals surface area contributed by atoms with Crippen LogP contribution in [-0.4, -0.2) is 4.98 Å². The third-order valence-corrected chi connectivity index (χ3v) is 6.97. The highest BCUT2D eigenvalue weighted by molar-refractivity contribution is 6.08. The number of fused-ring (bicyclic) bond motifs is 3. The van der Waals surface area contributed by atoms with Gasteiger partial charge in [-0.3, -0.25) is 0 Å². The van der Waals surface area contributed by atoms with Crippen molar-refractivity contribution in [2.24, 2.45) is 11.8 Å². The van der Waals surface area contributed by atoms with Crippen molar-refractivity contribution >= 4 is 21.8 Å². The highest BCUT2D eigenvalue weighted by atomic mass is 14.7. The van der Waals surface area contributed by atoms with Crippen LogP contribution in [0.2, 0.25) is 0 Å².